The highest BCUT2D eigenvalue weighted by molar-refractivity contribution is 7.97. The second kappa shape index (κ2) is 7.53. The van der Waals surface area contributed by atoms with Crippen molar-refractivity contribution >= 4 is 11.8 Å². The van der Waals surface area contributed by atoms with Gasteiger partial charge in [0, 0.05) is 6.54 Å². The molecule has 0 aliphatic heterocycles. The minimum Gasteiger partial charge on any atom is -0.464 e. The van der Waals surface area contributed by atoms with E-state index in [0.29, 0.717) is 13.1 Å². The standard InChI is InChI=1S/C16H27NO2S/c1-3-13-6-8-16(18,9-7-13)12-17-10-14-4-5-15(19-14)11-20-2/h4-5,13,17-18H,3,6-12H2,1-2H3. The molecule has 1 aliphatic carbocycles. The van der Waals surface area contributed by atoms with Gasteiger partial charge in [0.25, 0.3) is 0 Å². The van der Waals surface area contributed by atoms with E-state index in [1.807, 2.05) is 12.1 Å². The number of thioether (sulfide) groups is 1. The van der Waals surface area contributed by atoms with Crippen molar-refractivity contribution in [2.24, 2.45) is 5.92 Å². The summed E-state index contributed by atoms with van der Waals surface area (Å²) in [6, 6.07) is 4.06. The smallest absolute Gasteiger partial charge is 0.118 e. The van der Waals surface area contributed by atoms with Crippen LogP contribution in [0, 0.1) is 5.92 Å². The fourth-order valence-electron chi connectivity index (χ4n) is 2.96. The molecule has 0 radical (unpaired) electrons. The van der Waals surface area contributed by atoms with Crippen LogP contribution in [0.25, 0.3) is 0 Å². The van der Waals surface area contributed by atoms with Crippen molar-refractivity contribution in [2.75, 3.05) is 12.8 Å². The molecule has 1 heterocycles. The second-order valence-electron chi connectivity index (χ2n) is 5.98. The zero-order valence-corrected chi connectivity index (χ0v) is 13.5. The Balaban J connectivity index is 1.72. The summed E-state index contributed by atoms with van der Waals surface area (Å²) in [6.45, 7) is 3.62. The lowest BCUT2D eigenvalue weighted by Gasteiger charge is -2.35. The number of furan rings is 1. The molecule has 2 N–H and O–H groups in total. The van der Waals surface area contributed by atoms with E-state index in [1.54, 1.807) is 11.8 Å². The molecule has 3 nitrogen and oxygen atoms in total. The molecular weight excluding hydrogens is 270 g/mol. The van der Waals surface area contributed by atoms with Crippen molar-refractivity contribution in [3.8, 4) is 0 Å². The summed E-state index contributed by atoms with van der Waals surface area (Å²) in [6.07, 6.45) is 7.49. The molecule has 1 fully saturated rings. The van der Waals surface area contributed by atoms with Gasteiger partial charge >= 0.3 is 0 Å². The van der Waals surface area contributed by atoms with Crippen LogP contribution in [-0.2, 0) is 12.3 Å². The molecule has 0 aromatic carbocycles. The lowest BCUT2D eigenvalue weighted by molar-refractivity contribution is -0.00907. The van der Waals surface area contributed by atoms with E-state index in [4.69, 9.17) is 4.42 Å². The Bertz CT molecular complexity index is 397. The van der Waals surface area contributed by atoms with Gasteiger partial charge in [0.15, 0.2) is 0 Å². The summed E-state index contributed by atoms with van der Waals surface area (Å²) in [7, 11) is 0. The maximum absolute atomic E-state index is 10.6. The van der Waals surface area contributed by atoms with Gasteiger partial charge in [-0.05, 0) is 50.0 Å². The van der Waals surface area contributed by atoms with E-state index in [9.17, 15) is 5.11 Å². The quantitative estimate of drug-likeness (QED) is 0.807. The zero-order valence-electron chi connectivity index (χ0n) is 12.7. The molecule has 4 heteroatoms. The first-order chi connectivity index (χ1) is 9.65. The SMILES string of the molecule is CCC1CCC(O)(CNCc2ccc(CSC)o2)CC1. The van der Waals surface area contributed by atoms with E-state index < -0.39 is 5.60 Å². The molecule has 0 saturated heterocycles. The first-order valence-corrected chi connectivity index (χ1v) is 9.04. The molecule has 0 unspecified atom stereocenters. The fraction of sp³-hybridized carbons (Fsp3) is 0.750. The van der Waals surface area contributed by atoms with E-state index >= 15 is 0 Å². The van der Waals surface area contributed by atoms with E-state index in [2.05, 4.69) is 18.5 Å². The average Bonchev–Trinajstić information content (AvgIpc) is 2.88. The third-order valence-electron chi connectivity index (χ3n) is 4.37. The Morgan fingerprint density at radius 1 is 1.35 bits per heavy atom. The Morgan fingerprint density at radius 2 is 2.05 bits per heavy atom. The zero-order chi connectivity index (χ0) is 14.4. The van der Waals surface area contributed by atoms with Crippen molar-refractivity contribution in [1.82, 2.24) is 5.32 Å². The summed E-state index contributed by atoms with van der Waals surface area (Å²) in [5.41, 5.74) is -0.514. The maximum Gasteiger partial charge on any atom is 0.118 e. The van der Waals surface area contributed by atoms with Gasteiger partial charge in [0.05, 0.1) is 17.9 Å². The molecular formula is C16H27NO2S. The van der Waals surface area contributed by atoms with Crippen LogP contribution in [0.5, 0.6) is 0 Å². The van der Waals surface area contributed by atoms with Gasteiger partial charge in [-0.25, -0.2) is 0 Å². The van der Waals surface area contributed by atoms with Crippen molar-refractivity contribution in [2.45, 2.75) is 56.9 Å². The summed E-state index contributed by atoms with van der Waals surface area (Å²) in [5.74, 6) is 3.72. The molecule has 2 rings (SSSR count). The van der Waals surface area contributed by atoms with Gasteiger partial charge in [-0.1, -0.05) is 13.3 Å². The third kappa shape index (κ3) is 4.54. The van der Waals surface area contributed by atoms with Gasteiger partial charge in [-0.3, -0.25) is 0 Å². The molecule has 0 spiro atoms. The fourth-order valence-corrected chi connectivity index (χ4v) is 3.40. The van der Waals surface area contributed by atoms with Crippen LogP contribution in [0.3, 0.4) is 0 Å². The van der Waals surface area contributed by atoms with Gasteiger partial charge in [0.2, 0.25) is 0 Å². The average molecular weight is 297 g/mol. The van der Waals surface area contributed by atoms with E-state index in [1.165, 1.54) is 6.42 Å². The Morgan fingerprint density at radius 3 is 2.70 bits per heavy atom. The molecule has 114 valence electrons. The monoisotopic (exact) mass is 297 g/mol. The summed E-state index contributed by atoms with van der Waals surface area (Å²) in [5, 5.41) is 13.9. The lowest BCUT2D eigenvalue weighted by atomic mass is 9.78. The normalized spacial score (nSPS) is 26.9. The molecule has 0 bridgehead atoms. The lowest BCUT2D eigenvalue weighted by Crippen LogP contribution is -2.43. The van der Waals surface area contributed by atoms with Crippen LogP contribution in [0.4, 0.5) is 0 Å². The molecule has 1 saturated carbocycles. The predicted molar refractivity (Wildman–Crippen MR) is 84.8 cm³/mol. The van der Waals surface area contributed by atoms with Gasteiger partial charge in [-0.15, -0.1) is 0 Å². The molecule has 0 atom stereocenters. The Hall–Kier alpha value is -0.450. The van der Waals surface area contributed by atoms with Crippen LogP contribution in [-0.4, -0.2) is 23.5 Å². The molecule has 20 heavy (non-hydrogen) atoms. The number of nitrogens with one attached hydrogen (secondary N) is 1. The Labute approximate surface area is 126 Å². The Kier molecular flexibility index (Phi) is 6.00. The van der Waals surface area contributed by atoms with Gasteiger partial charge in [-0.2, -0.15) is 11.8 Å². The number of hydrogen-bond acceptors (Lipinski definition) is 4. The number of rotatable bonds is 7. The van der Waals surface area contributed by atoms with Crippen LogP contribution in [0.2, 0.25) is 0 Å². The minimum absolute atomic E-state index is 0.514. The van der Waals surface area contributed by atoms with Crippen LogP contribution < -0.4 is 5.32 Å². The minimum atomic E-state index is -0.514. The third-order valence-corrected chi connectivity index (χ3v) is 4.94. The first-order valence-electron chi connectivity index (χ1n) is 7.65. The van der Waals surface area contributed by atoms with Crippen molar-refractivity contribution in [3.63, 3.8) is 0 Å². The largest absolute Gasteiger partial charge is 0.464 e. The molecule has 1 aromatic rings. The maximum atomic E-state index is 10.6. The van der Waals surface area contributed by atoms with Crippen molar-refractivity contribution < 1.29 is 9.52 Å². The van der Waals surface area contributed by atoms with Gasteiger partial charge in [0.1, 0.15) is 11.5 Å². The van der Waals surface area contributed by atoms with Crippen molar-refractivity contribution in [1.29, 1.82) is 0 Å². The van der Waals surface area contributed by atoms with Crippen LogP contribution in [0.1, 0.15) is 50.5 Å². The summed E-state index contributed by atoms with van der Waals surface area (Å²) in [4.78, 5) is 0. The summed E-state index contributed by atoms with van der Waals surface area (Å²) >= 11 is 1.76. The number of aliphatic hydroxyl groups is 1. The highest BCUT2D eigenvalue weighted by atomic mass is 32.2. The molecule has 1 aromatic heterocycles. The van der Waals surface area contributed by atoms with E-state index in [0.717, 1.165) is 48.9 Å². The van der Waals surface area contributed by atoms with Crippen LogP contribution >= 0.6 is 11.8 Å². The molecule has 0 amide bonds. The first kappa shape index (κ1) is 15.9. The highest BCUT2D eigenvalue weighted by Gasteiger charge is 2.32. The van der Waals surface area contributed by atoms with Crippen LogP contribution in [0.15, 0.2) is 16.5 Å². The topological polar surface area (TPSA) is 45.4 Å². The highest BCUT2D eigenvalue weighted by Crippen LogP contribution is 2.33. The van der Waals surface area contributed by atoms with Crippen molar-refractivity contribution in [3.05, 3.63) is 23.7 Å². The predicted octanol–water partition coefficient (Wildman–Crippen LogP) is 3.56. The summed E-state index contributed by atoms with van der Waals surface area (Å²) < 4.78 is 5.72. The number of hydrogen-bond donors (Lipinski definition) is 2. The van der Waals surface area contributed by atoms with Gasteiger partial charge < -0.3 is 14.8 Å². The molecule has 1 aliphatic rings. The second-order valence-corrected chi connectivity index (χ2v) is 6.85. The van der Waals surface area contributed by atoms with E-state index in [-0.39, 0.29) is 0 Å².